The van der Waals surface area contributed by atoms with E-state index in [2.05, 4.69) is 25.8 Å². The van der Waals surface area contributed by atoms with Crippen LogP contribution in [0.1, 0.15) is 18.7 Å². The number of rotatable bonds is 0. The van der Waals surface area contributed by atoms with E-state index in [1.54, 1.807) is 0 Å². The first-order chi connectivity index (χ1) is 9.22. The molecule has 2 aromatic rings. The largest absolute Gasteiger partial charge is 0.293 e. The van der Waals surface area contributed by atoms with Crippen LogP contribution < -0.4 is 5.56 Å². The van der Waals surface area contributed by atoms with Crippen molar-refractivity contribution in [3.05, 3.63) is 38.9 Å². The summed E-state index contributed by atoms with van der Waals surface area (Å²) in [5.74, 6) is 0.911. The highest BCUT2D eigenvalue weighted by Crippen LogP contribution is 2.25. The van der Waals surface area contributed by atoms with Gasteiger partial charge in [-0.1, -0.05) is 15.9 Å². The van der Waals surface area contributed by atoms with Gasteiger partial charge in [-0.2, -0.15) is 0 Å². The minimum Gasteiger partial charge on any atom is -0.293 e. The lowest BCUT2D eigenvalue weighted by Gasteiger charge is -2.31. The van der Waals surface area contributed by atoms with Crippen molar-refractivity contribution in [1.82, 2.24) is 14.5 Å². The van der Waals surface area contributed by atoms with Crippen LogP contribution >= 0.6 is 15.9 Å². The van der Waals surface area contributed by atoms with Crippen LogP contribution in [0.2, 0.25) is 0 Å². The molecular formula is C14H14BrN3O. The van der Waals surface area contributed by atoms with Crippen molar-refractivity contribution < 1.29 is 0 Å². The Kier molecular flexibility index (Phi) is 2.53. The van der Waals surface area contributed by atoms with Crippen molar-refractivity contribution in [2.75, 3.05) is 6.54 Å². The molecule has 4 nitrogen and oxygen atoms in total. The summed E-state index contributed by atoms with van der Waals surface area (Å²) in [5.41, 5.74) is 0.905. The average Bonchev–Trinajstić information content (AvgIpc) is 2.84. The van der Waals surface area contributed by atoms with E-state index in [4.69, 9.17) is 0 Å². The summed E-state index contributed by atoms with van der Waals surface area (Å²) in [4.78, 5) is 19.7. The van der Waals surface area contributed by atoms with E-state index in [0.29, 0.717) is 6.04 Å². The van der Waals surface area contributed by atoms with Crippen molar-refractivity contribution in [1.29, 1.82) is 0 Å². The van der Waals surface area contributed by atoms with Gasteiger partial charge < -0.3 is 0 Å². The van der Waals surface area contributed by atoms with Gasteiger partial charge in [-0.05, 0) is 37.6 Å². The van der Waals surface area contributed by atoms with E-state index < -0.39 is 0 Å². The lowest BCUT2D eigenvalue weighted by Crippen LogP contribution is -2.43. The number of aromatic nitrogens is 2. The predicted octanol–water partition coefficient (Wildman–Crippen LogP) is 2.14. The van der Waals surface area contributed by atoms with Crippen LogP contribution in [0.15, 0.2) is 27.5 Å². The maximum Gasteiger partial charge on any atom is 0.261 e. The zero-order valence-electron chi connectivity index (χ0n) is 10.5. The molecule has 0 saturated carbocycles. The number of hydrogen-bond acceptors (Lipinski definition) is 3. The molecule has 1 saturated heterocycles. The molecule has 2 aliphatic rings. The first kappa shape index (κ1) is 11.6. The molecule has 0 unspecified atom stereocenters. The fourth-order valence-corrected chi connectivity index (χ4v) is 3.60. The van der Waals surface area contributed by atoms with Crippen LogP contribution in [0.4, 0.5) is 0 Å². The summed E-state index contributed by atoms with van der Waals surface area (Å²) in [7, 11) is 0. The minimum atomic E-state index is 0.110. The summed E-state index contributed by atoms with van der Waals surface area (Å²) >= 11 is 3.44. The Morgan fingerprint density at radius 3 is 3.16 bits per heavy atom. The molecule has 19 heavy (non-hydrogen) atoms. The summed E-state index contributed by atoms with van der Waals surface area (Å²) in [6, 6.07) is 6.22. The van der Waals surface area contributed by atoms with Crippen LogP contribution in [0.25, 0.3) is 10.9 Å². The molecular weight excluding hydrogens is 306 g/mol. The standard InChI is InChI=1S/C14H14BrN3O/c15-9-3-4-11-12(6-9)16-13-8-17-5-1-2-10(17)7-18(13)14(11)19/h3-4,6,10H,1-2,5,7-8H2/t10-/m0/s1. The van der Waals surface area contributed by atoms with Gasteiger partial charge in [-0.3, -0.25) is 14.3 Å². The molecule has 0 spiro atoms. The molecule has 98 valence electrons. The Morgan fingerprint density at radius 1 is 1.37 bits per heavy atom. The second-order valence-electron chi connectivity index (χ2n) is 5.37. The third-order valence-electron chi connectivity index (χ3n) is 4.23. The number of hydrogen-bond donors (Lipinski definition) is 0. The summed E-state index contributed by atoms with van der Waals surface area (Å²) in [6.45, 7) is 2.74. The van der Waals surface area contributed by atoms with Crippen molar-refractivity contribution in [3.63, 3.8) is 0 Å². The number of halogens is 1. The van der Waals surface area contributed by atoms with Crippen molar-refractivity contribution >= 4 is 26.8 Å². The van der Waals surface area contributed by atoms with E-state index in [-0.39, 0.29) is 5.56 Å². The molecule has 0 N–H and O–H groups in total. The molecule has 3 heterocycles. The summed E-state index contributed by atoms with van der Waals surface area (Å²) in [6.07, 6.45) is 2.43. The molecule has 4 rings (SSSR count). The molecule has 0 radical (unpaired) electrons. The monoisotopic (exact) mass is 319 g/mol. The summed E-state index contributed by atoms with van der Waals surface area (Å²) in [5, 5.41) is 0.721. The molecule has 1 atom stereocenters. The van der Waals surface area contributed by atoms with Crippen LogP contribution in [0.5, 0.6) is 0 Å². The van der Waals surface area contributed by atoms with E-state index in [9.17, 15) is 4.79 Å². The maximum atomic E-state index is 12.6. The molecule has 0 bridgehead atoms. The Morgan fingerprint density at radius 2 is 2.26 bits per heavy atom. The van der Waals surface area contributed by atoms with Gasteiger partial charge >= 0.3 is 0 Å². The lowest BCUT2D eigenvalue weighted by atomic mass is 10.1. The lowest BCUT2D eigenvalue weighted by molar-refractivity contribution is 0.181. The molecule has 1 aromatic heterocycles. The zero-order valence-corrected chi connectivity index (χ0v) is 12.1. The van der Waals surface area contributed by atoms with Gasteiger partial charge in [0.05, 0.1) is 17.4 Å². The fraction of sp³-hybridized carbons (Fsp3) is 0.429. The Bertz CT molecular complexity index is 724. The third kappa shape index (κ3) is 1.75. The van der Waals surface area contributed by atoms with Gasteiger partial charge in [-0.25, -0.2) is 4.98 Å². The Balaban J connectivity index is 1.95. The summed E-state index contributed by atoms with van der Waals surface area (Å²) < 4.78 is 2.84. The quantitative estimate of drug-likeness (QED) is 0.746. The fourth-order valence-electron chi connectivity index (χ4n) is 3.25. The van der Waals surface area contributed by atoms with Gasteiger partial charge in [0.15, 0.2) is 0 Å². The van der Waals surface area contributed by atoms with Gasteiger partial charge in [0.25, 0.3) is 5.56 Å². The highest BCUT2D eigenvalue weighted by Gasteiger charge is 2.31. The van der Waals surface area contributed by atoms with Crippen LogP contribution in [-0.2, 0) is 13.1 Å². The highest BCUT2D eigenvalue weighted by atomic mass is 79.9. The van der Waals surface area contributed by atoms with Gasteiger partial charge in [-0.15, -0.1) is 0 Å². The first-order valence-electron chi connectivity index (χ1n) is 6.65. The topological polar surface area (TPSA) is 38.1 Å². The van der Waals surface area contributed by atoms with E-state index in [0.717, 1.165) is 40.8 Å². The SMILES string of the molecule is O=c1c2ccc(Br)cc2nc2n1C[C@@H]1CCCN1C2. The van der Waals surface area contributed by atoms with Gasteiger partial charge in [0.2, 0.25) is 0 Å². The van der Waals surface area contributed by atoms with E-state index >= 15 is 0 Å². The molecule has 5 heteroatoms. The molecule has 1 fully saturated rings. The average molecular weight is 320 g/mol. The Hall–Kier alpha value is -1.20. The molecule has 1 aromatic carbocycles. The highest BCUT2D eigenvalue weighted by molar-refractivity contribution is 9.10. The predicted molar refractivity (Wildman–Crippen MR) is 77.1 cm³/mol. The smallest absolute Gasteiger partial charge is 0.261 e. The van der Waals surface area contributed by atoms with Gasteiger partial charge in [0, 0.05) is 17.1 Å². The third-order valence-corrected chi connectivity index (χ3v) is 4.73. The van der Waals surface area contributed by atoms with Crippen LogP contribution in [0.3, 0.4) is 0 Å². The van der Waals surface area contributed by atoms with Crippen molar-refractivity contribution in [3.8, 4) is 0 Å². The molecule has 2 aliphatic heterocycles. The first-order valence-corrected chi connectivity index (χ1v) is 7.45. The van der Waals surface area contributed by atoms with E-state index in [1.165, 1.54) is 12.8 Å². The number of fused-ring (bicyclic) bond motifs is 3. The van der Waals surface area contributed by atoms with E-state index in [1.807, 2.05) is 22.8 Å². The number of nitrogens with zero attached hydrogens (tertiary/aromatic N) is 3. The minimum absolute atomic E-state index is 0.110. The van der Waals surface area contributed by atoms with Gasteiger partial charge in [0.1, 0.15) is 5.82 Å². The van der Waals surface area contributed by atoms with Crippen molar-refractivity contribution in [2.24, 2.45) is 0 Å². The van der Waals surface area contributed by atoms with Crippen LogP contribution in [-0.4, -0.2) is 27.0 Å². The Labute approximate surface area is 119 Å². The normalized spacial score (nSPS) is 22.5. The molecule has 0 aliphatic carbocycles. The van der Waals surface area contributed by atoms with Crippen molar-refractivity contribution in [2.45, 2.75) is 32.0 Å². The molecule has 0 amide bonds. The zero-order chi connectivity index (χ0) is 13.0. The maximum absolute atomic E-state index is 12.6. The second kappa shape index (κ2) is 4.15. The second-order valence-corrected chi connectivity index (χ2v) is 6.29. The number of benzene rings is 1. The van der Waals surface area contributed by atoms with Crippen LogP contribution in [0, 0.1) is 0 Å².